The predicted octanol–water partition coefficient (Wildman–Crippen LogP) is 1.83. The summed E-state index contributed by atoms with van der Waals surface area (Å²) in [6.07, 6.45) is 0. The van der Waals surface area contributed by atoms with Gasteiger partial charge in [-0.25, -0.2) is 14.8 Å². The van der Waals surface area contributed by atoms with E-state index in [0.717, 1.165) is 0 Å². The Morgan fingerprint density at radius 3 is 2.40 bits per heavy atom. The fourth-order valence-electron chi connectivity index (χ4n) is 0.758. The summed E-state index contributed by atoms with van der Waals surface area (Å²) < 4.78 is 4.45. The van der Waals surface area contributed by atoms with Crippen molar-refractivity contribution in [3.63, 3.8) is 0 Å². The molecule has 0 atom stereocenters. The Kier molecular flexibility index (Phi) is 5.62. The van der Waals surface area contributed by atoms with Crippen LogP contribution in [0.1, 0.15) is 30.0 Å². The molecule has 0 aliphatic rings. The molecule has 0 fully saturated rings. The molecule has 0 unspecified atom stereocenters. The number of halogens is 1. The minimum Gasteiger partial charge on any atom is -0.464 e. The van der Waals surface area contributed by atoms with E-state index in [1.807, 2.05) is 13.8 Å². The van der Waals surface area contributed by atoms with E-state index in [4.69, 9.17) is 17.3 Å². The van der Waals surface area contributed by atoms with E-state index >= 15 is 0 Å². The number of anilines is 1. The molecule has 5 nitrogen and oxygen atoms in total. The summed E-state index contributed by atoms with van der Waals surface area (Å²) >= 11 is 5.63. The van der Waals surface area contributed by atoms with Crippen molar-refractivity contribution < 1.29 is 9.53 Å². The first kappa shape index (κ1) is 13.6. The molecule has 0 amide bonds. The minimum atomic E-state index is -0.621. The lowest BCUT2D eigenvalue weighted by Crippen LogP contribution is -2.11. The number of hydrogen-bond donors (Lipinski definition) is 1. The molecule has 0 spiro atoms. The van der Waals surface area contributed by atoms with E-state index < -0.39 is 5.97 Å². The number of aryl methyl sites for hydroxylation is 1. The number of nitrogen functional groups attached to an aromatic ring is 1. The third-order valence-corrected chi connectivity index (χ3v) is 1.78. The molecule has 0 saturated heterocycles. The summed E-state index contributed by atoms with van der Waals surface area (Å²) in [6.45, 7) is 5.63. The van der Waals surface area contributed by atoms with Gasteiger partial charge in [0, 0.05) is 0 Å². The van der Waals surface area contributed by atoms with Gasteiger partial charge >= 0.3 is 5.97 Å². The van der Waals surface area contributed by atoms with Gasteiger partial charge in [0.1, 0.15) is 0 Å². The van der Waals surface area contributed by atoms with Gasteiger partial charge in [-0.05, 0) is 6.92 Å². The van der Waals surface area contributed by atoms with E-state index in [1.165, 1.54) is 7.11 Å². The van der Waals surface area contributed by atoms with Crippen molar-refractivity contribution in [3.8, 4) is 0 Å². The van der Waals surface area contributed by atoms with Crippen LogP contribution in [0.25, 0.3) is 0 Å². The molecular weight excluding hydrogens is 218 g/mol. The summed E-state index contributed by atoms with van der Waals surface area (Å²) in [5, 5.41) is 0.185. The van der Waals surface area contributed by atoms with Crippen LogP contribution in [0.15, 0.2) is 0 Å². The summed E-state index contributed by atoms with van der Waals surface area (Å²) in [4.78, 5) is 18.6. The average molecular weight is 232 g/mol. The quantitative estimate of drug-likeness (QED) is 0.746. The fraction of sp³-hybridized carbons (Fsp3) is 0.444. The number of hydrogen-bond acceptors (Lipinski definition) is 5. The van der Waals surface area contributed by atoms with Crippen LogP contribution in [0.2, 0.25) is 5.15 Å². The van der Waals surface area contributed by atoms with Crippen molar-refractivity contribution in [2.45, 2.75) is 20.8 Å². The molecule has 0 bridgehead atoms. The molecule has 0 radical (unpaired) electrons. The van der Waals surface area contributed by atoms with Crippen LogP contribution in [0.3, 0.4) is 0 Å². The Balaban J connectivity index is 0.000000921. The molecule has 0 aliphatic carbocycles. The van der Waals surface area contributed by atoms with Gasteiger partial charge in [-0.1, -0.05) is 25.4 Å². The Bertz CT molecular complexity index is 355. The molecule has 1 aromatic heterocycles. The predicted molar refractivity (Wildman–Crippen MR) is 58.9 cm³/mol. The molecule has 0 aromatic carbocycles. The highest BCUT2D eigenvalue weighted by atomic mass is 35.5. The lowest BCUT2D eigenvalue weighted by molar-refractivity contribution is 0.0594. The van der Waals surface area contributed by atoms with Crippen molar-refractivity contribution in [3.05, 3.63) is 16.5 Å². The molecular formula is C9H14ClN3O2. The van der Waals surface area contributed by atoms with Crippen LogP contribution < -0.4 is 5.73 Å². The lowest BCUT2D eigenvalue weighted by Gasteiger charge is -2.03. The smallest absolute Gasteiger partial charge is 0.360 e. The molecule has 2 N–H and O–H groups in total. The summed E-state index contributed by atoms with van der Waals surface area (Å²) in [6, 6.07) is 0. The lowest BCUT2D eigenvalue weighted by atomic mass is 10.4. The molecule has 15 heavy (non-hydrogen) atoms. The minimum absolute atomic E-state index is 0.00981. The van der Waals surface area contributed by atoms with Gasteiger partial charge in [0.15, 0.2) is 16.7 Å². The largest absolute Gasteiger partial charge is 0.464 e. The Hall–Kier alpha value is -1.36. The summed E-state index contributed by atoms with van der Waals surface area (Å²) in [5.41, 5.74) is 5.84. The number of esters is 1. The van der Waals surface area contributed by atoms with Crippen LogP contribution >= 0.6 is 11.6 Å². The maximum absolute atomic E-state index is 11.0. The zero-order valence-corrected chi connectivity index (χ0v) is 9.92. The number of aromatic nitrogens is 2. The topological polar surface area (TPSA) is 78.1 Å². The number of methoxy groups -OCH3 is 1. The first-order valence-electron chi connectivity index (χ1n) is 4.44. The highest BCUT2D eigenvalue weighted by Gasteiger charge is 2.15. The molecule has 0 aliphatic heterocycles. The first-order valence-corrected chi connectivity index (χ1v) is 4.82. The maximum Gasteiger partial charge on any atom is 0.360 e. The normalized spacial score (nSPS) is 8.87. The number of ether oxygens (including phenoxy) is 1. The zero-order chi connectivity index (χ0) is 12.0. The van der Waals surface area contributed by atoms with Gasteiger partial charge in [0.05, 0.1) is 12.8 Å². The van der Waals surface area contributed by atoms with Crippen LogP contribution in [0, 0.1) is 6.92 Å². The third-order valence-electron chi connectivity index (χ3n) is 1.42. The van der Waals surface area contributed by atoms with Crippen molar-refractivity contribution >= 4 is 23.4 Å². The van der Waals surface area contributed by atoms with Gasteiger partial charge in [0.2, 0.25) is 0 Å². The van der Waals surface area contributed by atoms with Gasteiger partial charge in [0.25, 0.3) is 0 Å². The monoisotopic (exact) mass is 231 g/mol. The van der Waals surface area contributed by atoms with Gasteiger partial charge in [-0.2, -0.15) is 0 Å². The molecule has 6 heteroatoms. The van der Waals surface area contributed by atoms with Crippen molar-refractivity contribution in [2.75, 3.05) is 12.8 Å². The Morgan fingerprint density at radius 2 is 1.93 bits per heavy atom. The average Bonchev–Trinajstić information content (AvgIpc) is 2.25. The fourth-order valence-corrected chi connectivity index (χ4v) is 0.891. The SMILES string of the molecule is CC.COC(=O)c1nc(C)c(Cl)nc1N. The van der Waals surface area contributed by atoms with Crippen LogP contribution in [-0.4, -0.2) is 23.0 Å². The number of carbonyl (C=O) groups is 1. The molecule has 84 valence electrons. The van der Waals surface area contributed by atoms with Gasteiger partial charge in [-0.15, -0.1) is 0 Å². The molecule has 0 saturated carbocycles. The third kappa shape index (κ3) is 3.36. The zero-order valence-electron chi connectivity index (χ0n) is 9.17. The highest BCUT2D eigenvalue weighted by Crippen LogP contribution is 2.15. The standard InChI is InChI=1S/C7H8ClN3O2.C2H6/c1-3-5(8)11-6(9)4(10-3)7(12)13-2;1-2/h1-2H3,(H2,9,11);1-2H3. The van der Waals surface area contributed by atoms with Crippen molar-refractivity contribution in [1.29, 1.82) is 0 Å². The number of nitrogens with two attached hydrogens (primary N) is 1. The second-order valence-electron chi connectivity index (χ2n) is 2.33. The van der Waals surface area contributed by atoms with Gasteiger partial charge in [-0.3, -0.25) is 0 Å². The van der Waals surface area contributed by atoms with Gasteiger partial charge < -0.3 is 10.5 Å². The van der Waals surface area contributed by atoms with E-state index in [2.05, 4.69) is 14.7 Å². The second kappa shape index (κ2) is 6.19. The highest BCUT2D eigenvalue weighted by molar-refractivity contribution is 6.30. The number of carbonyl (C=O) groups excluding carboxylic acids is 1. The summed E-state index contributed by atoms with van der Waals surface area (Å²) in [7, 11) is 1.24. The Labute approximate surface area is 93.6 Å². The van der Waals surface area contributed by atoms with Crippen molar-refractivity contribution in [1.82, 2.24) is 9.97 Å². The second-order valence-corrected chi connectivity index (χ2v) is 2.68. The van der Waals surface area contributed by atoms with Crippen LogP contribution in [0.4, 0.5) is 5.82 Å². The van der Waals surface area contributed by atoms with E-state index in [9.17, 15) is 4.79 Å². The van der Waals surface area contributed by atoms with E-state index in [-0.39, 0.29) is 16.7 Å². The summed E-state index contributed by atoms with van der Waals surface area (Å²) in [5.74, 6) is -0.646. The van der Waals surface area contributed by atoms with Crippen molar-refractivity contribution in [2.24, 2.45) is 0 Å². The molecule has 1 rings (SSSR count). The first-order chi connectivity index (χ1) is 7.06. The van der Waals surface area contributed by atoms with Crippen LogP contribution in [0.5, 0.6) is 0 Å². The number of nitrogens with zero attached hydrogens (tertiary/aromatic N) is 2. The Morgan fingerprint density at radius 1 is 1.40 bits per heavy atom. The molecule has 1 heterocycles. The van der Waals surface area contributed by atoms with E-state index in [1.54, 1.807) is 6.92 Å². The van der Waals surface area contributed by atoms with Crippen LogP contribution in [-0.2, 0) is 4.74 Å². The molecule has 1 aromatic rings. The van der Waals surface area contributed by atoms with E-state index in [0.29, 0.717) is 5.69 Å². The number of rotatable bonds is 1. The maximum atomic E-state index is 11.0.